The molecule has 0 aliphatic rings. The molecule has 12 heteroatoms. The molecule has 0 aliphatic carbocycles. The van der Waals surface area contributed by atoms with E-state index in [0.29, 0.717) is 0 Å². The predicted molar refractivity (Wildman–Crippen MR) is 74.7 cm³/mol. The number of rotatable bonds is 3. The van der Waals surface area contributed by atoms with Crippen LogP contribution in [0.5, 0.6) is 0 Å². The van der Waals surface area contributed by atoms with Gasteiger partial charge in [0.2, 0.25) is 17.5 Å². The molecule has 0 spiro atoms. The maximum atomic E-state index is 12.9. The lowest BCUT2D eigenvalue weighted by Gasteiger charge is -2.09. The third-order valence-electron chi connectivity index (χ3n) is 3.03. The molecule has 0 aliphatic heterocycles. The van der Waals surface area contributed by atoms with Gasteiger partial charge >= 0.3 is 11.9 Å². The molecule has 2 aromatic heterocycles. The first-order valence-corrected chi connectivity index (χ1v) is 6.64. The first-order chi connectivity index (χ1) is 11.8. The second kappa shape index (κ2) is 5.89. The molecule has 1 aromatic carbocycles. The van der Waals surface area contributed by atoms with Gasteiger partial charge in [0.1, 0.15) is 0 Å². The van der Waals surface area contributed by atoms with Crippen LogP contribution in [0, 0.1) is 0 Å². The number of nitrogens with one attached hydrogen (secondary N) is 1. The number of carbonyl (C=O) groups excluding carboxylic acids is 1. The molecule has 0 bridgehead atoms. The SMILES string of the molecule is CC(=O)Nc1nonc1-c1noc(=O)n1-c1cccc(C(F)(F)F)c1. The van der Waals surface area contributed by atoms with Crippen LogP contribution in [-0.4, -0.2) is 25.9 Å². The summed E-state index contributed by atoms with van der Waals surface area (Å²) in [5.74, 6) is -2.00. The Morgan fingerprint density at radius 2 is 2.00 bits per heavy atom. The molecule has 0 radical (unpaired) electrons. The molecule has 9 nitrogen and oxygen atoms in total. The largest absolute Gasteiger partial charge is 0.446 e. The van der Waals surface area contributed by atoms with Crippen LogP contribution in [0.25, 0.3) is 17.2 Å². The van der Waals surface area contributed by atoms with E-state index in [1.165, 1.54) is 13.0 Å². The molecular formula is C13H8F3N5O4. The summed E-state index contributed by atoms with van der Waals surface area (Å²) in [7, 11) is 0. The summed E-state index contributed by atoms with van der Waals surface area (Å²) < 4.78 is 48.4. The van der Waals surface area contributed by atoms with Crippen molar-refractivity contribution in [2.45, 2.75) is 13.1 Å². The molecule has 0 atom stereocenters. The normalized spacial score (nSPS) is 11.5. The van der Waals surface area contributed by atoms with Crippen molar-refractivity contribution in [3.05, 3.63) is 40.4 Å². The number of aromatic nitrogens is 4. The van der Waals surface area contributed by atoms with E-state index in [-0.39, 0.29) is 23.0 Å². The Hall–Kier alpha value is -3.44. The fourth-order valence-electron chi connectivity index (χ4n) is 2.03. The quantitative estimate of drug-likeness (QED) is 0.762. The summed E-state index contributed by atoms with van der Waals surface area (Å²) in [5.41, 5.74) is -1.31. The maximum absolute atomic E-state index is 12.9. The van der Waals surface area contributed by atoms with E-state index in [9.17, 15) is 22.8 Å². The number of halogens is 3. The number of benzene rings is 1. The van der Waals surface area contributed by atoms with Gasteiger partial charge in [-0.05, 0) is 28.5 Å². The lowest BCUT2D eigenvalue weighted by atomic mass is 10.2. The van der Waals surface area contributed by atoms with Crippen molar-refractivity contribution in [1.82, 2.24) is 20.0 Å². The molecule has 0 unspecified atom stereocenters. The standard InChI is InChI=1S/C13H8F3N5O4/c1-6(22)17-10-9(18-25-19-10)11-20-24-12(23)21(11)8-4-2-3-7(5-8)13(14,15)16/h2-5H,1H3,(H,17,19,22). The van der Waals surface area contributed by atoms with E-state index in [2.05, 4.69) is 29.9 Å². The van der Waals surface area contributed by atoms with Crippen molar-refractivity contribution in [2.75, 3.05) is 5.32 Å². The Morgan fingerprint density at radius 1 is 1.24 bits per heavy atom. The summed E-state index contributed by atoms with van der Waals surface area (Å²) in [6.45, 7) is 1.20. The fourth-order valence-corrected chi connectivity index (χ4v) is 2.03. The fraction of sp³-hybridized carbons (Fsp3) is 0.154. The van der Waals surface area contributed by atoms with Gasteiger partial charge in [-0.15, -0.1) is 0 Å². The number of amides is 1. The van der Waals surface area contributed by atoms with E-state index in [1.54, 1.807) is 0 Å². The zero-order chi connectivity index (χ0) is 18.2. The van der Waals surface area contributed by atoms with Crippen molar-refractivity contribution in [2.24, 2.45) is 0 Å². The van der Waals surface area contributed by atoms with Crippen molar-refractivity contribution in [3.63, 3.8) is 0 Å². The number of hydrogen-bond donors (Lipinski definition) is 1. The lowest BCUT2D eigenvalue weighted by molar-refractivity contribution is -0.137. The third-order valence-corrected chi connectivity index (χ3v) is 3.03. The number of carbonyl (C=O) groups is 1. The van der Waals surface area contributed by atoms with Gasteiger partial charge < -0.3 is 5.32 Å². The molecule has 3 rings (SSSR count). The van der Waals surface area contributed by atoms with Crippen LogP contribution in [0.3, 0.4) is 0 Å². The van der Waals surface area contributed by atoms with Gasteiger partial charge in [-0.2, -0.15) is 13.2 Å². The second-order valence-electron chi connectivity index (χ2n) is 4.80. The van der Waals surface area contributed by atoms with Crippen LogP contribution in [-0.2, 0) is 11.0 Å². The topological polar surface area (TPSA) is 116 Å². The van der Waals surface area contributed by atoms with Crippen LogP contribution in [0.2, 0.25) is 0 Å². The van der Waals surface area contributed by atoms with E-state index < -0.39 is 23.4 Å². The first-order valence-electron chi connectivity index (χ1n) is 6.64. The Morgan fingerprint density at radius 3 is 2.68 bits per heavy atom. The zero-order valence-corrected chi connectivity index (χ0v) is 12.4. The first kappa shape index (κ1) is 16.4. The van der Waals surface area contributed by atoms with Gasteiger partial charge in [-0.1, -0.05) is 11.2 Å². The van der Waals surface area contributed by atoms with Crippen LogP contribution in [0.4, 0.5) is 19.0 Å². The Bertz CT molecular complexity index is 988. The highest BCUT2D eigenvalue weighted by atomic mass is 19.4. The smallest absolute Gasteiger partial charge is 0.306 e. The summed E-state index contributed by atoms with van der Waals surface area (Å²) >= 11 is 0. The van der Waals surface area contributed by atoms with Crippen molar-refractivity contribution in [3.8, 4) is 17.2 Å². The van der Waals surface area contributed by atoms with Crippen LogP contribution >= 0.6 is 0 Å². The summed E-state index contributed by atoms with van der Waals surface area (Å²) in [5, 5.41) is 12.7. The molecule has 2 heterocycles. The van der Waals surface area contributed by atoms with E-state index >= 15 is 0 Å². The highest BCUT2D eigenvalue weighted by molar-refractivity contribution is 5.90. The second-order valence-corrected chi connectivity index (χ2v) is 4.80. The summed E-state index contributed by atoms with van der Waals surface area (Å²) in [6, 6.07) is 3.97. The summed E-state index contributed by atoms with van der Waals surface area (Å²) in [4.78, 5) is 23.1. The average molecular weight is 355 g/mol. The molecule has 1 amide bonds. The molecule has 1 N–H and O–H groups in total. The highest BCUT2D eigenvalue weighted by Crippen LogP contribution is 2.31. The lowest BCUT2D eigenvalue weighted by Crippen LogP contribution is -2.15. The van der Waals surface area contributed by atoms with Crippen molar-refractivity contribution >= 4 is 11.7 Å². The molecule has 130 valence electrons. The molecule has 25 heavy (non-hydrogen) atoms. The van der Waals surface area contributed by atoms with Gasteiger partial charge in [0.25, 0.3) is 0 Å². The van der Waals surface area contributed by atoms with Crippen LogP contribution in [0.1, 0.15) is 12.5 Å². The molecule has 3 aromatic rings. The van der Waals surface area contributed by atoms with Gasteiger partial charge in [-0.25, -0.2) is 14.0 Å². The molecular weight excluding hydrogens is 347 g/mol. The minimum Gasteiger partial charge on any atom is -0.306 e. The third kappa shape index (κ3) is 3.13. The molecule has 0 saturated carbocycles. The Kier molecular flexibility index (Phi) is 3.87. The van der Waals surface area contributed by atoms with Crippen LogP contribution in [0.15, 0.2) is 38.2 Å². The summed E-state index contributed by atoms with van der Waals surface area (Å²) in [6.07, 6.45) is -4.60. The van der Waals surface area contributed by atoms with E-state index in [1.807, 2.05) is 0 Å². The van der Waals surface area contributed by atoms with Crippen LogP contribution < -0.4 is 11.1 Å². The number of alkyl halides is 3. The number of anilines is 1. The van der Waals surface area contributed by atoms with Gasteiger partial charge in [0.15, 0.2) is 5.69 Å². The predicted octanol–water partition coefficient (Wildman–Crippen LogP) is 1.85. The minimum atomic E-state index is -4.60. The number of hydrogen-bond acceptors (Lipinski definition) is 7. The van der Waals surface area contributed by atoms with E-state index in [0.717, 1.165) is 22.8 Å². The minimum absolute atomic E-state index is 0.159. The van der Waals surface area contributed by atoms with Crippen molar-refractivity contribution < 1.29 is 27.1 Å². The molecule has 0 fully saturated rings. The van der Waals surface area contributed by atoms with Crippen molar-refractivity contribution in [1.29, 1.82) is 0 Å². The molecule has 0 saturated heterocycles. The van der Waals surface area contributed by atoms with Gasteiger partial charge in [0.05, 0.1) is 11.3 Å². The van der Waals surface area contributed by atoms with E-state index in [4.69, 9.17) is 0 Å². The number of nitrogens with zero attached hydrogens (tertiary/aromatic N) is 4. The zero-order valence-electron chi connectivity index (χ0n) is 12.4. The average Bonchev–Trinajstić information content (AvgIpc) is 3.12. The Labute approximate surface area is 136 Å². The van der Waals surface area contributed by atoms with Gasteiger partial charge in [-0.3, -0.25) is 9.32 Å². The van der Waals surface area contributed by atoms with Gasteiger partial charge in [0, 0.05) is 6.92 Å². The highest BCUT2D eigenvalue weighted by Gasteiger charge is 2.31. The Balaban J connectivity index is 2.15. The monoisotopic (exact) mass is 355 g/mol. The maximum Gasteiger partial charge on any atom is 0.446 e.